The van der Waals surface area contributed by atoms with Gasteiger partial charge in [0.25, 0.3) is 0 Å². The van der Waals surface area contributed by atoms with Gasteiger partial charge in [0.1, 0.15) is 5.82 Å². The molecule has 1 unspecified atom stereocenters. The van der Waals surface area contributed by atoms with Crippen molar-refractivity contribution in [2.45, 2.75) is 39.2 Å². The Morgan fingerprint density at radius 1 is 1.17 bits per heavy atom. The predicted molar refractivity (Wildman–Crippen MR) is 89.7 cm³/mol. The van der Waals surface area contributed by atoms with E-state index in [-0.39, 0.29) is 24.2 Å². The Labute approximate surface area is 136 Å². The summed E-state index contributed by atoms with van der Waals surface area (Å²) in [5, 5.41) is 0. The maximum atomic E-state index is 13.8. The summed E-state index contributed by atoms with van der Waals surface area (Å²) in [4.78, 5) is 14.6. The lowest BCUT2D eigenvalue weighted by atomic mass is 9.99. The number of halogens is 1. The molecule has 2 nitrogen and oxygen atoms in total. The fourth-order valence-corrected chi connectivity index (χ4v) is 3.52. The highest BCUT2D eigenvalue weighted by molar-refractivity contribution is 5.79. The first-order valence-electron chi connectivity index (χ1n) is 8.15. The molecule has 1 saturated heterocycles. The van der Waals surface area contributed by atoms with Crippen LogP contribution in [0.25, 0.3) is 0 Å². The molecule has 0 aromatic heterocycles. The Bertz CT molecular complexity index is 705. The van der Waals surface area contributed by atoms with E-state index in [9.17, 15) is 9.18 Å². The van der Waals surface area contributed by atoms with Gasteiger partial charge in [-0.3, -0.25) is 4.79 Å². The van der Waals surface area contributed by atoms with Crippen molar-refractivity contribution in [3.05, 3.63) is 70.5 Å². The average Bonchev–Trinajstić information content (AvgIpc) is 2.98. The normalized spacial score (nSPS) is 17.5. The van der Waals surface area contributed by atoms with Crippen molar-refractivity contribution < 1.29 is 9.18 Å². The number of benzene rings is 2. The van der Waals surface area contributed by atoms with E-state index in [1.54, 1.807) is 18.2 Å². The van der Waals surface area contributed by atoms with Gasteiger partial charge >= 0.3 is 0 Å². The summed E-state index contributed by atoms with van der Waals surface area (Å²) in [6.07, 6.45) is 2.11. The Morgan fingerprint density at radius 3 is 2.57 bits per heavy atom. The molecule has 1 fully saturated rings. The topological polar surface area (TPSA) is 20.3 Å². The first-order valence-corrected chi connectivity index (χ1v) is 8.15. The number of amides is 1. The summed E-state index contributed by atoms with van der Waals surface area (Å²) < 4.78 is 13.8. The van der Waals surface area contributed by atoms with E-state index >= 15 is 0 Å². The van der Waals surface area contributed by atoms with Crippen molar-refractivity contribution in [1.82, 2.24) is 4.90 Å². The van der Waals surface area contributed by atoms with Crippen LogP contribution in [0.2, 0.25) is 0 Å². The van der Waals surface area contributed by atoms with Crippen LogP contribution >= 0.6 is 0 Å². The molecule has 1 aliphatic rings. The maximum Gasteiger partial charge on any atom is 0.227 e. The van der Waals surface area contributed by atoms with Gasteiger partial charge in [-0.1, -0.05) is 47.5 Å². The molecule has 23 heavy (non-hydrogen) atoms. The SMILES string of the molecule is Cc1cc(C)cc(C2CCCN2C(=O)Cc2ccccc2F)c1. The van der Waals surface area contributed by atoms with Crippen LogP contribution in [0.1, 0.15) is 41.1 Å². The summed E-state index contributed by atoms with van der Waals surface area (Å²) in [6.45, 7) is 4.92. The number of likely N-dealkylation sites (tertiary alicyclic amines) is 1. The van der Waals surface area contributed by atoms with Crippen molar-refractivity contribution >= 4 is 5.91 Å². The summed E-state index contributed by atoms with van der Waals surface area (Å²) in [5.74, 6) is -0.292. The van der Waals surface area contributed by atoms with E-state index < -0.39 is 0 Å². The van der Waals surface area contributed by atoms with Crippen LogP contribution in [0.15, 0.2) is 42.5 Å². The zero-order valence-corrected chi connectivity index (χ0v) is 13.7. The highest BCUT2D eigenvalue weighted by Gasteiger charge is 2.30. The number of rotatable bonds is 3. The van der Waals surface area contributed by atoms with Gasteiger partial charge in [0.15, 0.2) is 0 Å². The summed E-state index contributed by atoms with van der Waals surface area (Å²) in [6, 6.07) is 13.1. The smallest absolute Gasteiger partial charge is 0.227 e. The molecule has 1 heterocycles. The molecule has 1 amide bonds. The molecule has 2 aromatic carbocycles. The molecule has 120 valence electrons. The standard InChI is InChI=1S/C20H22FNO/c1-14-10-15(2)12-17(11-14)19-8-5-9-22(19)20(23)13-16-6-3-4-7-18(16)21/h3-4,6-7,10-12,19H,5,8-9,13H2,1-2H3. The van der Waals surface area contributed by atoms with Gasteiger partial charge in [-0.15, -0.1) is 0 Å². The molecule has 0 aliphatic carbocycles. The first-order chi connectivity index (χ1) is 11.0. The Kier molecular flexibility index (Phi) is 4.46. The third-order valence-electron chi connectivity index (χ3n) is 4.50. The molecule has 0 saturated carbocycles. The van der Waals surface area contributed by atoms with E-state index in [1.165, 1.54) is 22.8 Å². The number of nitrogens with zero attached hydrogens (tertiary/aromatic N) is 1. The van der Waals surface area contributed by atoms with Gasteiger partial charge < -0.3 is 4.90 Å². The minimum Gasteiger partial charge on any atom is -0.335 e. The van der Waals surface area contributed by atoms with E-state index in [0.717, 1.165) is 19.4 Å². The van der Waals surface area contributed by atoms with Crippen LogP contribution in [0.5, 0.6) is 0 Å². The molecule has 2 aromatic rings. The van der Waals surface area contributed by atoms with E-state index in [1.807, 2.05) is 4.90 Å². The molecular weight excluding hydrogens is 289 g/mol. The second kappa shape index (κ2) is 6.53. The van der Waals surface area contributed by atoms with Crippen molar-refractivity contribution in [3.63, 3.8) is 0 Å². The molecule has 3 heteroatoms. The van der Waals surface area contributed by atoms with E-state index in [2.05, 4.69) is 32.0 Å². The van der Waals surface area contributed by atoms with Gasteiger partial charge in [-0.2, -0.15) is 0 Å². The monoisotopic (exact) mass is 311 g/mol. The Balaban J connectivity index is 1.81. The second-order valence-electron chi connectivity index (χ2n) is 6.43. The third kappa shape index (κ3) is 3.44. The van der Waals surface area contributed by atoms with E-state index in [4.69, 9.17) is 0 Å². The highest BCUT2D eigenvalue weighted by atomic mass is 19.1. The molecular formula is C20H22FNO. The van der Waals surface area contributed by atoms with E-state index in [0.29, 0.717) is 5.56 Å². The minimum absolute atomic E-state index is 0.0109. The van der Waals surface area contributed by atoms with Gasteiger partial charge in [-0.25, -0.2) is 4.39 Å². The maximum absolute atomic E-state index is 13.8. The largest absolute Gasteiger partial charge is 0.335 e. The molecule has 0 N–H and O–H groups in total. The summed E-state index contributed by atoms with van der Waals surface area (Å²) >= 11 is 0. The van der Waals surface area contributed by atoms with Gasteiger partial charge in [0.05, 0.1) is 12.5 Å². The number of hydrogen-bond donors (Lipinski definition) is 0. The van der Waals surface area contributed by atoms with Crippen molar-refractivity contribution in [2.75, 3.05) is 6.54 Å². The summed E-state index contributed by atoms with van der Waals surface area (Å²) in [5.41, 5.74) is 4.10. The lowest BCUT2D eigenvalue weighted by molar-refractivity contribution is -0.131. The van der Waals surface area contributed by atoms with Crippen LogP contribution in [-0.2, 0) is 11.2 Å². The van der Waals surface area contributed by atoms with Gasteiger partial charge in [-0.05, 0) is 43.9 Å². The first kappa shape index (κ1) is 15.7. The zero-order chi connectivity index (χ0) is 16.4. The van der Waals surface area contributed by atoms with Crippen LogP contribution in [0, 0.1) is 19.7 Å². The Hall–Kier alpha value is -2.16. The fraction of sp³-hybridized carbons (Fsp3) is 0.350. The summed E-state index contributed by atoms with van der Waals surface area (Å²) in [7, 11) is 0. The molecule has 3 rings (SSSR count). The van der Waals surface area contributed by atoms with Gasteiger partial charge in [0, 0.05) is 6.54 Å². The number of hydrogen-bond acceptors (Lipinski definition) is 1. The van der Waals surface area contributed by atoms with Crippen LogP contribution < -0.4 is 0 Å². The predicted octanol–water partition coefficient (Wildman–Crippen LogP) is 4.35. The van der Waals surface area contributed by atoms with Crippen LogP contribution in [0.4, 0.5) is 4.39 Å². The average molecular weight is 311 g/mol. The number of carbonyl (C=O) groups is 1. The molecule has 0 bridgehead atoms. The van der Waals surface area contributed by atoms with Crippen molar-refractivity contribution in [3.8, 4) is 0 Å². The minimum atomic E-state index is -0.303. The number of carbonyl (C=O) groups excluding carboxylic acids is 1. The zero-order valence-electron chi connectivity index (χ0n) is 13.7. The second-order valence-corrected chi connectivity index (χ2v) is 6.43. The van der Waals surface area contributed by atoms with Crippen LogP contribution in [0.3, 0.4) is 0 Å². The lowest BCUT2D eigenvalue weighted by Crippen LogP contribution is -2.32. The molecule has 0 radical (unpaired) electrons. The quantitative estimate of drug-likeness (QED) is 0.825. The van der Waals surface area contributed by atoms with Crippen molar-refractivity contribution in [1.29, 1.82) is 0 Å². The number of aryl methyl sites for hydroxylation is 2. The van der Waals surface area contributed by atoms with Crippen LogP contribution in [-0.4, -0.2) is 17.4 Å². The highest BCUT2D eigenvalue weighted by Crippen LogP contribution is 2.33. The Morgan fingerprint density at radius 2 is 1.87 bits per heavy atom. The molecule has 1 atom stereocenters. The lowest BCUT2D eigenvalue weighted by Gasteiger charge is -2.26. The molecule has 1 aliphatic heterocycles. The fourth-order valence-electron chi connectivity index (χ4n) is 3.52. The molecule has 0 spiro atoms. The van der Waals surface area contributed by atoms with Gasteiger partial charge in [0.2, 0.25) is 5.91 Å². The van der Waals surface area contributed by atoms with Crippen molar-refractivity contribution in [2.24, 2.45) is 0 Å². The third-order valence-corrected chi connectivity index (χ3v) is 4.50.